The van der Waals surface area contributed by atoms with Gasteiger partial charge in [-0.1, -0.05) is 0 Å². The van der Waals surface area contributed by atoms with Crippen molar-refractivity contribution in [2.24, 2.45) is 0 Å². The van der Waals surface area contributed by atoms with Crippen LogP contribution in [-0.4, -0.2) is 29.6 Å². The molecule has 4 heteroatoms. The first-order valence-corrected chi connectivity index (χ1v) is 6.44. The van der Waals surface area contributed by atoms with Crippen molar-refractivity contribution < 1.29 is 0 Å². The fourth-order valence-corrected chi connectivity index (χ4v) is 2.81. The molecule has 0 aliphatic carbocycles. The molecule has 0 unspecified atom stereocenters. The van der Waals surface area contributed by atoms with E-state index in [1.807, 2.05) is 23.8 Å². The van der Waals surface area contributed by atoms with E-state index in [0.717, 1.165) is 31.5 Å². The second kappa shape index (κ2) is 4.72. The molecule has 0 atom stereocenters. The first kappa shape index (κ1) is 11.9. The maximum atomic E-state index is 12.0. The summed E-state index contributed by atoms with van der Waals surface area (Å²) in [4.78, 5) is 14.3. The number of hydrogen-bond acceptors (Lipinski definition) is 2. The minimum Gasteiger partial charge on any atom is -0.311 e. The van der Waals surface area contributed by atoms with Gasteiger partial charge in [-0.25, -0.2) is 0 Å². The molecule has 2 heterocycles. The third-order valence-electron chi connectivity index (χ3n) is 3.22. The Bertz CT molecular complexity index is 433. The van der Waals surface area contributed by atoms with E-state index in [1.165, 1.54) is 0 Å². The second-order valence-corrected chi connectivity index (χ2v) is 5.47. The lowest BCUT2D eigenvalue weighted by Gasteiger charge is -2.30. The Kier molecular flexibility index (Phi) is 3.50. The molecule has 88 valence electrons. The number of pyridine rings is 1. The lowest BCUT2D eigenvalue weighted by Crippen LogP contribution is -2.35. The van der Waals surface area contributed by atoms with E-state index in [4.69, 9.17) is 0 Å². The number of piperidine rings is 1. The monoisotopic (exact) mass is 284 g/mol. The molecule has 0 bridgehead atoms. The zero-order valence-corrected chi connectivity index (χ0v) is 11.3. The van der Waals surface area contributed by atoms with Crippen LogP contribution in [0.25, 0.3) is 0 Å². The molecule has 0 spiro atoms. The lowest BCUT2D eigenvalue weighted by atomic mass is 10.1. The van der Waals surface area contributed by atoms with Gasteiger partial charge >= 0.3 is 0 Å². The van der Waals surface area contributed by atoms with E-state index in [9.17, 15) is 4.79 Å². The average molecular weight is 285 g/mol. The van der Waals surface area contributed by atoms with Crippen molar-refractivity contribution in [1.29, 1.82) is 0 Å². The molecule has 1 aromatic heterocycles. The summed E-state index contributed by atoms with van der Waals surface area (Å²) in [7, 11) is 2.13. The highest BCUT2D eigenvalue weighted by Gasteiger charge is 2.19. The van der Waals surface area contributed by atoms with Gasteiger partial charge in [0.15, 0.2) is 0 Å². The molecule has 1 aromatic rings. The van der Waals surface area contributed by atoms with Gasteiger partial charge in [0, 0.05) is 12.2 Å². The van der Waals surface area contributed by atoms with Gasteiger partial charge in [0.05, 0.1) is 4.47 Å². The van der Waals surface area contributed by atoms with Crippen molar-refractivity contribution in [1.82, 2.24) is 9.47 Å². The van der Waals surface area contributed by atoms with E-state index in [2.05, 4.69) is 27.9 Å². The number of hydrogen-bond donors (Lipinski definition) is 0. The molecule has 3 nitrogen and oxygen atoms in total. The molecule has 0 amide bonds. The van der Waals surface area contributed by atoms with Gasteiger partial charge in [-0.3, -0.25) is 4.79 Å². The Morgan fingerprint density at radius 2 is 2.00 bits per heavy atom. The minimum absolute atomic E-state index is 0.0974. The zero-order valence-electron chi connectivity index (χ0n) is 9.74. The molecule has 0 aromatic carbocycles. The summed E-state index contributed by atoms with van der Waals surface area (Å²) in [5.74, 6) is 0. The summed E-state index contributed by atoms with van der Waals surface area (Å²) >= 11 is 3.33. The average Bonchev–Trinajstić information content (AvgIpc) is 2.25. The van der Waals surface area contributed by atoms with E-state index < -0.39 is 0 Å². The fourth-order valence-electron chi connectivity index (χ4n) is 2.24. The molecular weight excluding hydrogens is 268 g/mol. The summed E-state index contributed by atoms with van der Waals surface area (Å²) in [6.07, 6.45) is 4.10. The molecule has 0 saturated carbocycles. The summed E-state index contributed by atoms with van der Waals surface area (Å²) in [5, 5.41) is 0. The molecule has 1 aliphatic heterocycles. The van der Waals surface area contributed by atoms with Gasteiger partial charge in [-0.2, -0.15) is 0 Å². The van der Waals surface area contributed by atoms with Gasteiger partial charge < -0.3 is 9.47 Å². The predicted octanol–water partition coefficient (Wildman–Crippen LogP) is 2.19. The molecule has 0 radical (unpaired) electrons. The normalized spacial score (nSPS) is 18.9. The minimum atomic E-state index is 0.0974. The Labute approximate surface area is 104 Å². The number of rotatable bonds is 1. The number of aryl methyl sites for hydroxylation is 1. The molecule has 1 saturated heterocycles. The molecule has 1 fully saturated rings. The summed E-state index contributed by atoms with van der Waals surface area (Å²) in [6, 6.07) is 2.24. The highest BCUT2D eigenvalue weighted by Crippen LogP contribution is 2.21. The zero-order chi connectivity index (χ0) is 11.7. The Balaban J connectivity index is 2.30. The van der Waals surface area contributed by atoms with E-state index in [-0.39, 0.29) is 5.56 Å². The quantitative estimate of drug-likeness (QED) is 0.790. The van der Waals surface area contributed by atoms with E-state index >= 15 is 0 Å². The van der Waals surface area contributed by atoms with Crippen molar-refractivity contribution >= 4 is 15.9 Å². The van der Waals surface area contributed by atoms with Gasteiger partial charge in [-0.05, 0) is 67.5 Å². The predicted molar refractivity (Wildman–Crippen MR) is 68.9 cm³/mol. The van der Waals surface area contributed by atoms with Gasteiger partial charge in [0.25, 0.3) is 5.56 Å². The smallest absolute Gasteiger partial charge is 0.265 e. The van der Waals surface area contributed by atoms with Crippen LogP contribution in [0.15, 0.2) is 21.5 Å². The van der Waals surface area contributed by atoms with Crippen LogP contribution in [0.2, 0.25) is 0 Å². The highest BCUT2D eigenvalue weighted by atomic mass is 79.9. The van der Waals surface area contributed by atoms with Crippen molar-refractivity contribution in [3.8, 4) is 0 Å². The molecule has 1 aliphatic rings. The third kappa shape index (κ3) is 2.38. The Morgan fingerprint density at radius 3 is 2.62 bits per heavy atom. The Hall–Kier alpha value is -0.610. The first-order valence-electron chi connectivity index (χ1n) is 5.65. The maximum Gasteiger partial charge on any atom is 0.265 e. The molecule has 2 rings (SSSR count). The van der Waals surface area contributed by atoms with Crippen LogP contribution in [0.3, 0.4) is 0 Å². The van der Waals surface area contributed by atoms with Crippen molar-refractivity contribution in [3.05, 3.63) is 32.7 Å². The van der Waals surface area contributed by atoms with Gasteiger partial charge in [0.2, 0.25) is 0 Å². The summed E-state index contributed by atoms with van der Waals surface area (Å²) in [6.45, 7) is 4.17. The highest BCUT2D eigenvalue weighted by molar-refractivity contribution is 9.10. The molecule has 0 N–H and O–H groups in total. The molecular formula is C12H17BrN2O. The van der Waals surface area contributed by atoms with E-state index in [0.29, 0.717) is 10.5 Å². The topological polar surface area (TPSA) is 25.2 Å². The summed E-state index contributed by atoms with van der Waals surface area (Å²) < 4.78 is 2.57. The van der Waals surface area contributed by atoms with Crippen molar-refractivity contribution in [2.75, 3.05) is 20.1 Å². The van der Waals surface area contributed by atoms with Gasteiger partial charge in [0.1, 0.15) is 0 Å². The first-order chi connectivity index (χ1) is 7.58. The van der Waals surface area contributed by atoms with Gasteiger partial charge in [-0.15, -0.1) is 0 Å². The molecule has 16 heavy (non-hydrogen) atoms. The largest absolute Gasteiger partial charge is 0.311 e. The van der Waals surface area contributed by atoms with E-state index in [1.54, 1.807) is 0 Å². The van der Waals surface area contributed by atoms with Crippen LogP contribution in [0, 0.1) is 6.92 Å². The number of likely N-dealkylation sites (tertiary alicyclic amines) is 1. The van der Waals surface area contributed by atoms with Crippen LogP contribution < -0.4 is 5.56 Å². The fraction of sp³-hybridized carbons (Fsp3) is 0.583. The second-order valence-electron chi connectivity index (χ2n) is 4.61. The SMILES string of the molecule is Cc1cc(Br)c(=O)n(C2CCN(C)CC2)c1. The van der Waals surface area contributed by atoms with Crippen molar-refractivity contribution in [3.63, 3.8) is 0 Å². The van der Waals surface area contributed by atoms with Crippen LogP contribution in [0.5, 0.6) is 0 Å². The standard InChI is InChI=1S/C12H17BrN2O/c1-9-7-11(13)12(16)15(8-9)10-3-5-14(2)6-4-10/h7-8,10H,3-6H2,1-2H3. The number of aromatic nitrogens is 1. The van der Waals surface area contributed by atoms with Crippen LogP contribution in [0.4, 0.5) is 0 Å². The maximum absolute atomic E-state index is 12.0. The van der Waals surface area contributed by atoms with Crippen molar-refractivity contribution in [2.45, 2.75) is 25.8 Å². The van der Waals surface area contributed by atoms with Crippen LogP contribution in [0.1, 0.15) is 24.4 Å². The lowest BCUT2D eigenvalue weighted by molar-refractivity contribution is 0.218. The third-order valence-corrected chi connectivity index (χ3v) is 3.79. The van der Waals surface area contributed by atoms with Crippen LogP contribution >= 0.6 is 15.9 Å². The number of halogens is 1. The van der Waals surface area contributed by atoms with Crippen LogP contribution in [-0.2, 0) is 0 Å². The number of nitrogens with zero attached hydrogens (tertiary/aromatic N) is 2. The Morgan fingerprint density at radius 1 is 1.38 bits per heavy atom. The summed E-state index contributed by atoms with van der Waals surface area (Å²) in [5.41, 5.74) is 1.23.